The molecule has 0 radical (unpaired) electrons. The summed E-state index contributed by atoms with van der Waals surface area (Å²) in [7, 11) is 0. The van der Waals surface area contributed by atoms with Gasteiger partial charge in [-0.2, -0.15) is 0 Å². The van der Waals surface area contributed by atoms with E-state index in [0.717, 1.165) is 5.56 Å². The lowest BCUT2D eigenvalue weighted by Crippen LogP contribution is -2.31. The molecule has 28 heavy (non-hydrogen) atoms. The van der Waals surface area contributed by atoms with Crippen molar-refractivity contribution in [3.63, 3.8) is 0 Å². The van der Waals surface area contributed by atoms with E-state index < -0.39 is 5.92 Å². The molecule has 1 aliphatic heterocycles. The van der Waals surface area contributed by atoms with Crippen LogP contribution in [0.2, 0.25) is 0 Å². The Morgan fingerprint density at radius 2 is 1.96 bits per heavy atom. The Morgan fingerprint density at radius 1 is 1.18 bits per heavy atom. The van der Waals surface area contributed by atoms with Crippen molar-refractivity contribution in [1.82, 2.24) is 9.97 Å². The average Bonchev–Trinajstić information content (AvgIpc) is 2.66. The third-order valence-electron chi connectivity index (χ3n) is 4.49. The van der Waals surface area contributed by atoms with E-state index in [4.69, 9.17) is 0 Å². The predicted molar refractivity (Wildman–Crippen MR) is 104 cm³/mol. The molecule has 1 aliphatic rings. The molecule has 3 N–H and O–H groups in total. The van der Waals surface area contributed by atoms with Crippen molar-refractivity contribution in [3.8, 4) is 5.75 Å². The van der Waals surface area contributed by atoms with Crippen molar-refractivity contribution in [1.29, 1.82) is 0 Å². The molecule has 1 atom stereocenters. The first-order valence-electron chi connectivity index (χ1n) is 8.60. The van der Waals surface area contributed by atoms with Gasteiger partial charge in [-0.25, -0.2) is 9.37 Å². The van der Waals surface area contributed by atoms with Gasteiger partial charge in [0, 0.05) is 18.1 Å². The number of carbonyl (C=O) groups is 1. The minimum absolute atomic E-state index is 0.0703. The molecule has 0 saturated carbocycles. The van der Waals surface area contributed by atoms with Gasteiger partial charge >= 0.3 is 0 Å². The van der Waals surface area contributed by atoms with Crippen LogP contribution < -0.4 is 10.9 Å². The van der Waals surface area contributed by atoms with Crippen molar-refractivity contribution >= 4 is 23.5 Å². The zero-order valence-electron chi connectivity index (χ0n) is 14.6. The molecule has 3 aromatic rings. The quantitative estimate of drug-likeness (QED) is 0.463. The molecule has 0 bridgehead atoms. The van der Waals surface area contributed by atoms with E-state index in [0.29, 0.717) is 22.0 Å². The average molecular weight is 397 g/mol. The highest BCUT2D eigenvalue weighted by molar-refractivity contribution is 7.98. The normalized spacial score (nSPS) is 15.8. The smallest absolute Gasteiger partial charge is 0.257 e. The van der Waals surface area contributed by atoms with E-state index in [9.17, 15) is 19.1 Å². The topological polar surface area (TPSA) is 95.1 Å². The zero-order valence-corrected chi connectivity index (χ0v) is 15.4. The number of H-pyrrole nitrogens is 1. The minimum Gasteiger partial charge on any atom is -0.508 e. The molecular weight excluding hydrogens is 381 g/mol. The summed E-state index contributed by atoms with van der Waals surface area (Å²) in [5, 5.41) is 12.8. The summed E-state index contributed by atoms with van der Waals surface area (Å²) >= 11 is 1.29. The van der Waals surface area contributed by atoms with Crippen LogP contribution in [0.4, 0.5) is 10.2 Å². The van der Waals surface area contributed by atoms with Crippen molar-refractivity contribution in [2.45, 2.75) is 23.2 Å². The van der Waals surface area contributed by atoms with Gasteiger partial charge in [0.15, 0.2) is 5.16 Å². The van der Waals surface area contributed by atoms with E-state index in [2.05, 4.69) is 15.3 Å². The number of aromatic hydroxyl groups is 1. The molecule has 0 fully saturated rings. The summed E-state index contributed by atoms with van der Waals surface area (Å²) in [5.74, 6) is -0.242. The molecule has 6 nitrogen and oxygen atoms in total. The second kappa shape index (κ2) is 7.47. The molecule has 4 rings (SSSR count). The van der Waals surface area contributed by atoms with Crippen LogP contribution in [0.25, 0.3) is 0 Å². The second-order valence-electron chi connectivity index (χ2n) is 6.45. The number of benzene rings is 2. The van der Waals surface area contributed by atoms with E-state index in [-0.39, 0.29) is 35.3 Å². The number of thioether (sulfide) groups is 1. The highest BCUT2D eigenvalue weighted by Crippen LogP contribution is 2.35. The zero-order chi connectivity index (χ0) is 19.7. The highest BCUT2D eigenvalue weighted by Gasteiger charge is 2.31. The largest absolute Gasteiger partial charge is 0.508 e. The summed E-state index contributed by atoms with van der Waals surface area (Å²) in [6.07, 6.45) is 0.100. The molecule has 1 aromatic heterocycles. The summed E-state index contributed by atoms with van der Waals surface area (Å²) in [4.78, 5) is 32.1. The van der Waals surface area contributed by atoms with Crippen LogP contribution in [-0.2, 0) is 10.5 Å². The minimum atomic E-state index is -0.483. The molecule has 1 amide bonds. The lowest BCUT2D eigenvalue weighted by Gasteiger charge is -2.24. The Morgan fingerprint density at radius 3 is 2.71 bits per heavy atom. The fourth-order valence-corrected chi connectivity index (χ4v) is 3.99. The van der Waals surface area contributed by atoms with Gasteiger partial charge in [0.25, 0.3) is 5.56 Å². The molecule has 2 heterocycles. The number of carbonyl (C=O) groups excluding carboxylic acids is 1. The number of anilines is 1. The van der Waals surface area contributed by atoms with E-state index >= 15 is 0 Å². The summed E-state index contributed by atoms with van der Waals surface area (Å²) < 4.78 is 13.0. The fraction of sp³-hybridized carbons (Fsp3) is 0.150. The summed E-state index contributed by atoms with van der Waals surface area (Å²) in [5.41, 5.74) is 1.60. The monoisotopic (exact) mass is 397 g/mol. The van der Waals surface area contributed by atoms with Crippen molar-refractivity contribution in [3.05, 3.63) is 81.4 Å². The van der Waals surface area contributed by atoms with Gasteiger partial charge in [-0.3, -0.25) is 9.59 Å². The molecule has 142 valence electrons. The Hall–Kier alpha value is -3.13. The van der Waals surface area contributed by atoms with Gasteiger partial charge in [0.2, 0.25) is 5.91 Å². The van der Waals surface area contributed by atoms with Gasteiger partial charge < -0.3 is 15.4 Å². The molecule has 2 aromatic carbocycles. The SMILES string of the molecule is O=C1CC(c2cccc(O)c2)c2c(nc(SCc3ccc(F)cc3)[nH]c2=O)N1. The van der Waals surface area contributed by atoms with Crippen LogP contribution >= 0.6 is 11.8 Å². The molecule has 8 heteroatoms. The van der Waals surface area contributed by atoms with Crippen LogP contribution in [-0.4, -0.2) is 21.0 Å². The molecular formula is C20H16FN3O3S. The summed E-state index contributed by atoms with van der Waals surface area (Å²) in [6, 6.07) is 12.6. The third kappa shape index (κ3) is 3.77. The highest BCUT2D eigenvalue weighted by atomic mass is 32.2. The number of rotatable bonds is 4. The number of amides is 1. The van der Waals surface area contributed by atoms with Gasteiger partial charge in [0.05, 0.1) is 5.56 Å². The Balaban J connectivity index is 1.65. The maximum absolute atomic E-state index is 13.0. The van der Waals surface area contributed by atoms with Gasteiger partial charge in [-0.05, 0) is 35.4 Å². The lowest BCUT2D eigenvalue weighted by atomic mass is 9.87. The molecule has 0 spiro atoms. The fourth-order valence-electron chi connectivity index (χ4n) is 3.18. The molecule has 1 unspecified atom stereocenters. The van der Waals surface area contributed by atoms with Crippen LogP contribution in [0.15, 0.2) is 58.5 Å². The van der Waals surface area contributed by atoms with Crippen LogP contribution in [0.5, 0.6) is 5.75 Å². The maximum atomic E-state index is 13.0. The number of aromatic nitrogens is 2. The number of aromatic amines is 1. The lowest BCUT2D eigenvalue weighted by molar-refractivity contribution is -0.116. The molecule has 0 aliphatic carbocycles. The van der Waals surface area contributed by atoms with Crippen molar-refractivity contribution in [2.75, 3.05) is 5.32 Å². The van der Waals surface area contributed by atoms with Crippen LogP contribution in [0, 0.1) is 5.82 Å². The number of nitrogens with zero attached hydrogens (tertiary/aromatic N) is 1. The number of hydrogen-bond acceptors (Lipinski definition) is 5. The van der Waals surface area contributed by atoms with Crippen LogP contribution in [0.1, 0.15) is 29.0 Å². The van der Waals surface area contributed by atoms with Gasteiger partial charge in [-0.1, -0.05) is 36.0 Å². The first-order chi connectivity index (χ1) is 13.5. The third-order valence-corrected chi connectivity index (χ3v) is 5.44. The van der Waals surface area contributed by atoms with Gasteiger partial charge in [-0.15, -0.1) is 0 Å². The number of phenols is 1. The Bertz CT molecular complexity index is 1100. The number of phenolic OH excluding ortho intramolecular Hbond substituents is 1. The summed E-state index contributed by atoms with van der Waals surface area (Å²) in [6.45, 7) is 0. The van der Waals surface area contributed by atoms with Crippen LogP contribution in [0.3, 0.4) is 0 Å². The number of fused-ring (bicyclic) bond motifs is 1. The number of nitrogens with one attached hydrogen (secondary N) is 2. The molecule has 0 saturated heterocycles. The first-order valence-corrected chi connectivity index (χ1v) is 9.58. The first kappa shape index (κ1) is 18.2. The predicted octanol–water partition coefficient (Wildman–Crippen LogP) is 3.38. The van der Waals surface area contributed by atoms with E-state index in [1.54, 1.807) is 30.3 Å². The maximum Gasteiger partial charge on any atom is 0.257 e. The standard InChI is InChI=1S/C20H16FN3O3S/c21-13-6-4-11(5-7-13)10-28-20-23-18-17(19(27)24-20)15(9-16(26)22-18)12-2-1-3-14(25)8-12/h1-8,15,25H,9-10H2,(H2,22,23,24,26,27). The van der Waals surface area contributed by atoms with Crippen molar-refractivity contribution in [2.24, 2.45) is 0 Å². The van der Waals surface area contributed by atoms with Crippen molar-refractivity contribution < 1.29 is 14.3 Å². The van der Waals surface area contributed by atoms with Gasteiger partial charge in [0.1, 0.15) is 17.4 Å². The number of hydrogen-bond donors (Lipinski definition) is 3. The Kier molecular flexibility index (Phi) is 4.87. The van der Waals surface area contributed by atoms with E-state index in [1.807, 2.05) is 0 Å². The number of halogens is 1. The van der Waals surface area contributed by atoms with E-state index in [1.165, 1.54) is 30.0 Å². The Labute approximate surface area is 163 Å². The second-order valence-corrected chi connectivity index (χ2v) is 7.41.